The standard InChI is InChI=1S/C10H15N3O/c1-7-9(10(14)13(2)12-7)8-3-5-11-6-4-8/h3,11-12H,4-6H2,1-2H3. The molecule has 0 amide bonds. The van der Waals surface area contributed by atoms with Gasteiger partial charge in [-0.3, -0.25) is 14.6 Å². The van der Waals surface area contributed by atoms with E-state index >= 15 is 0 Å². The molecule has 76 valence electrons. The third-order valence-corrected chi connectivity index (χ3v) is 2.61. The first-order valence-electron chi connectivity index (χ1n) is 4.86. The number of nitrogens with one attached hydrogen (secondary N) is 2. The second-order valence-corrected chi connectivity index (χ2v) is 3.66. The van der Waals surface area contributed by atoms with E-state index in [-0.39, 0.29) is 5.56 Å². The summed E-state index contributed by atoms with van der Waals surface area (Å²) in [5.74, 6) is 0. The highest BCUT2D eigenvalue weighted by atomic mass is 16.1. The summed E-state index contributed by atoms with van der Waals surface area (Å²) in [6.07, 6.45) is 3.04. The van der Waals surface area contributed by atoms with Crippen LogP contribution in [0.2, 0.25) is 0 Å². The summed E-state index contributed by atoms with van der Waals surface area (Å²) < 4.78 is 1.54. The molecule has 0 fully saturated rings. The topological polar surface area (TPSA) is 49.8 Å². The third-order valence-electron chi connectivity index (χ3n) is 2.61. The summed E-state index contributed by atoms with van der Waals surface area (Å²) >= 11 is 0. The molecule has 0 saturated carbocycles. The Bertz CT molecular complexity index is 425. The lowest BCUT2D eigenvalue weighted by Crippen LogP contribution is -2.23. The molecular weight excluding hydrogens is 178 g/mol. The lowest BCUT2D eigenvalue weighted by atomic mass is 10.0. The summed E-state index contributed by atoms with van der Waals surface area (Å²) in [5.41, 5.74) is 3.07. The van der Waals surface area contributed by atoms with Crippen molar-refractivity contribution in [1.82, 2.24) is 15.1 Å². The van der Waals surface area contributed by atoms with Crippen LogP contribution in [0.1, 0.15) is 17.7 Å². The molecule has 1 aliphatic rings. The average molecular weight is 193 g/mol. The molecule has 0 saturated heterocycles. The Morgan fingerprint density at radius 1 is 1.50 bits per heavy atom. The maximum atomic E-state index is 11.8. The van der Waals surface area contributed by atoms with Crippen LogP contribution in [0.5, 0.6) is 0 Å². The van der Waals surface area contributed by atoms with E-state index in [4.69, 9.17) is 0 Å². The first-order valence-corrected chi connectivity index (χ1v) is 4.86. The molecule has 1 aromatic heterocycles. The third kappa shape index (κ3) is 1.42. The lowest BCUT2D eigenvalue weighted by Gasteiger charge is -2.12. The van der Waals surface area contributed by atoms with Crippen LogP contribution in [0.3, 0.4) is 0 Å². The van der Waals surface area contributed by atoms with E-state index in [1.54, 1.807) is 7.05 Å². The number of hydrogen-bond donors (Lipinski definition) is 2. The predicted molar refractivity (Wildman–Crippen MR) is 56.2 cm³/mol. The van der Waals surface area contributed by atoms with Crippen molar-refractivity contribution in [3.8, 4) is 0 Å². The van der Waals surface area contributed by atoms with Crippen LogP contribution in [0.15, 0.2) is 10.9 Å². The summed E-state index contributed by atoms with van der Waals surface area (Å²) in [4.78, 5) is 11.8. The van der Waals surface area contributed by atoms with Gasteiger partial charge in [-0.1, -0.05) is 6.08 Å². The number of aryl methyl sites for hydroxylation is 2. The first-order chi connectivity index (χ1) is 6.70. The molecule has 0 unspecified atom stereocenters. The Balaban J connectivity index is 2.50. The number of nitrogens with zero attached hydrogens (tertiary/aromatic N) is 1. The van der Waals surface area contributed by atoms with Gasteiger partial charge in [-0.05, 0) is 25.5 Å². The van der Waals surface area contributed by atoms with Gasteiger partial charge < -0.3 is 5.32 Å². The molecule has 4 heteroatoms. The minimum absolute atomic E-state index is 0.0793. The summed E-state index contributed by atoms with van der Waals surface area (Å²) in [6, 6.07) is 0. The molecule has 0 aliphatic carbocycles. The quantitative estimate of drug-likeness (QED) is 0.678. The number of H-pyrrole nitrogens is 1. The van der Waals surface area contributed by atoms with Crippen molar-refractivity contribution in [2.75, 3.05) is 13.1 Å². The van der Waals surface area contributed by atoms with Gasteiger partial charge >= 0.3 is 0 Å². The Morgan fingerprint density at radius 3 is 2.79 bits per heavy atom. The first kappa shape index (κ1) is 9.27. The Kier molecular flexibility index (Phi) is 2.29. The predicted octanol–water partition coefficient (Wildman–Crippen LogP) is 0.399. The van der Waals surface area contributed by atoms with E-state index < -0.39 is 0 Å². The van der Waals surface area contributed by atoms with Crippen LogP contribution in [0, 0.1) is 6.92 Å². The van der Waals surface area contributed by atoms with Crippen molar-refractivity contribution in [3.63, 3.8) is 0 Å². The van der Waals surface area contributed by atoms with Gasteiger partial charge in [0.1, 0.15) is 0 Å². The second-order valence-electron chi connectivity index (χ2n) is 3.66. The van der Waals surface area contributed by atoms with E-state index in [1.165, 1.54) is 10.3 Å². The maximum Gasteiger partial charge on any atom is 0.274 e. The van der Waals surface area contributed by atoms with Crippen molar-refractivity contribution in [1.29, 1.82) is 0 Å². The molecule has 2 rings (SSSR count). The van der Waals surface area contributed by atoms with Crippen molar-refractivity contribution in [2.24, 2.45) is 7.05 Å². The number of aromatic amines is 1. The molecular formula is C10H15N3O. The maximum absolute atomic E-state index is 11.8. The Morgan fingerprint density at radius 2 is 2.29 bits per heavy atom. The highest BCUT2D eigenvalue weighted by Gasteiger charge is 2.14. The van der Waals surface area contributed by atoms with E-state index in [0.29, 0.717) is 0 Å². The van der Waals surface area contributed by atoms with E-state index in [1.807, 2.05) is 6.92 Å². The van der Waals surface area contributed by atoms with Gasteiger partial charge in [-0.15, -0.1) is 0 Å². The molecule has 0 bridgehead atoms. The summed E-state index contributed by atoms with van der Waals surface area (Å²) in [7, 11) is 1.75. The van der Waals surface area contributed by atoms with Gasteiger partial charge in [-0.25, -0.2) is 0 Å². The van der Waals surface area contributed by atoms with Crippen LogP contribution in [0.4, 0.5) is 0 Å². The summed E-state index contributed by atoms with van der Waals surface area (Å²) in [5, 5.41) is 6.25. The molecule has 1 aliphatic heterocycles. The Labute approximate surface area is 82.6 Å². The van der Waals surface area contributed by atoms with Crippen molar-refractivity contribution in [2.45, 2.75) is 13.3 Å². The molecule has 1 aromatic rings. The molecule has 4 nitrogen and oxygen atoms in total. The van der Waals surface area contributed by atoms with Crippen LogP contribution in [-0.2, 0) is 7.05 Å². The monoisotopic (exact) mass is 193 g/mol. The fourth-order valence-corrected chi connectivity index (χ4v) is 1.91. The largest absolute Gasteiger partial charge is 0.313 e. The smallest absolute Gasteiger partial charge is 0.274 e. The molecule has 0 atom stereocenters. The molecule has 2 heterocycles. The molecule has 14 heavy (non-hydrogen) atoms. The zero-order chi connectivity index (χ0) is 10.1. The van der Waals surface area contributed by atoms with Crippen LogP contribution in [-0.4, -0.2) is 22.9 Å². The van der Waals surface area contributed by atoms with Crippen LogP contribution in [0.25, 0.3) is 5.57 Å². The Hall–Kier alpha value is -1.29. The molecule has 0 spiro atoms. The SMILES string of the molecule is Cc1[nH]n(C)c(=O)c1C1=CCNCC1. The van der Waals surface area contributed by atoms with Crippen molar-refractivity contribution in [3.05, 3.63) is 27.7 Å². The molecule has 0 radical (unpaired) electrons. The summed E-state index contributed by atoms with van der Waals surface area (Å²) in [6.45, 7) is 3.77. The average Bonchev–Trinajstić information content (AvgIpc) is 2.43. The minimum atomic E-state index is 0.0793. The number of hydrogen-bond acceptors (Lipinski definition) is 2. The van der Waals surface area contributed by atoms with Crippen LogP contribution >= 0.6 is 0 Å². The molecule has 0 aromatic carbocycles. The fraction of sp³-hybridized carbons (Fsp3) is 0.500. The normalized spacial score (nSPS) is 16.9. The highest BCUT2D eigenvalue weighted by molar-refractivity contribution is 5.67. The van der Waals surface area contributed by atoms with Crippen molar-refractivity contribution < 1.29 is 0 Å². The number of rotatable bonds is 1. The minimum Gasteiger partial charge on any atom is -0.313 e. The van der Waals surface area contributed by atoms with E-state index in [9.17, 15) is 4.79 Å². The van der Waals surface area contributed by atoms with Gasteiger partial charge in [0.05, 0.1) is 5.56 Å². The van der Waals surface area contributed by atoms with Gasteiger partial charge in [0.2, 0.25) is 0 Å². The zero-order valence-corrected chi connectivity index (χ0v) is 8.55. The van der Waals surface area contributed by atoms with Crippen molar-refractivity contribution >= 4 is 5.57 Å². The fourth-order valence-electron chi connectivity index (χ4n) is 1.91. The zero-order valence-electron chi connectivity index (χ0n) is 8.55. The van der Waals surface area contributed by atoms with Gasteiger partial charge in [0, 0.05) is 19.3 Å². The molecule has 2 N–H and O–H groups in total. The van der Waals surface area contributed by atoms with Gasteiger partial charge in [0.25, 0.3) is 5.56 Å². The highest BCUT2D eigenvalue weighted by Crippen LogP contribution is 2.18. The number of aromatic nitrogens is 2. The van der Waals surface area contributed by atoms with E-state index in [2.05, 4.69) is 16.5 Å². The van der Waals surface area contributed by atoms with E-state index in [0.717, 1.165) is 30.8 Å². The van der Waals surface area contributed by atoms with Gasteiger partial charge in [-0.2, -0.15) is 0 Å². The second kappa shape index (κ2) is 3.46. The van der Waals surface area contributed by atoms with Crippen LogP contribution < -0.4 is 10.9 Å². The van der Waals surface area contributed by atoms with Gasteiger partial charge in [0.15, 0.2) is 0 Å². The lowest BCUT2D eigenvalue weighted by molar-refractivity contribution is 0.728.